The number of halogens is 1. The van der Waals surface area contributed by atoms with Crippen molar-refractivity contribution in [1.29, 1.82) is 0 Å². The molecule has 2 atom stereocenters. The van der Waals surface area contributed by atoms with Crippen molar-refractivity contribution in [2.24, 2.45) is 0 Å². The van der Waals surface area contributed by atoms with Crippen molar-refractivity contribution < 1.29 is 4.74 Å². The van der Waals surface area contributed by atoms with Gasteiger partial charge < -0.3 is 9.30 Å². The van der Waals surface area contributed by atoms with Gasteiger partial charge in [0.1, 0.15) is 0 Å². The van der Waals surface area contributed by atoms with Gasteiger partial charge in [-0.05, 0) is 12.1 Å². The summed E-state index contributed by atoms with van der Waals surface area (Å²) in [4.78, 5) is 0. The molecule has 2 unspecified atom stereocenters. The Kier molecular flexibility index (Phi) is 1.43. The van der Waals surface area contributed by atoms with Crippen LogP contribution in [0.1, 0.15) is 6.04 Å². The number of alkyl halides is 1. The SMILES string of the molecule is ClC1OCC1n1cccc1. The molecule has 1 aromatic rings. The van der Waals surface area contributed by atoms with E-state index in [2.05, 4.69) is 4.57 Å². The summed E-state index contributed by atoms with van der Waals surface area (Å²) in [6, 6.07) is 4.32. The highest BCUT2D eigenvalue weighted by Gasteiger charge is 2.30. The van der Waals surface area contributed by atoms with E-state index in [-0.39, 0.29) is 5.56 Å². The van der Waals surface area contributed by atoms with Crippen LogP contribution < -0.4 is 0 Å². The lowest BCUT2D eigenvalue weighted by molar-refractivity contribution is -0.0539. The zero-order chi connectivity index (χ0) is 6.97. The number of nitrogens with zero attached hydrogens (tertiary/aromatic N) is 1. The molecule has 0 radical (unpaired) electrons. The second kappa shape index (κ2) is 2.29. The van der Waals surface area contributed by atoms with E-state index in [1.165, 1.54) is 0 Å². The first-order chi connectivity index (χ1) is 4.88. The fourth-order valence-corrected chi connectivity index (χ4v) is 1.32. The van der Waals surface area contributed by atoms with Crippen LogP contribution in [0.2, 0.25) is 0 Å². The van der Waals surface area contributed by atoms with Crippen LogP contribution in [0.25, 0.3) is 0 Å². The van der Waals surface area contributed by atoms with Crippen LogP contribution in [0.5, 0.6) is 0 Å². The Morgan fingerprint density at radius 2 is 2.10 bits per heavy atom. The Balaban J connectivity index is 2.14. The zero-order valence-electron chi connectivity index (χ0n) is 5.40. The Labute approximate surface area is 64.4 Å². The van der Waals surface area contributed by atoms with Crippen molar-refractivity contribution >= 4 is 11.6 Å². The third-order valence-corrected chi connectivity index (χ3v) is 2.16. The minimum absolute atomic E-state index is 0.132. The van der Waals surface area contributed by atoms with Gasteiger partial charge in [-0.25, -0.2) is 0 Å². The Morgan fingerprint density at radius 1 is 1.40 bits per heavy atom. The monoisotopic (exact) mass is 157 g/mol. The van der Waals surface area contributed by atoms with Crippen LogP contribution in [-0.2, 0) is 4.74 Å². The van der Waals surface area contributed by atoms with Crippen LogP contribution >= 0.6 is 11.6 Å². The number of hydrogen-bond acceptors (Lipinski definition) is 1. The molecule has 1 fully saturated rings. The van der Waals surface area contributed by atoms with Crippen molar-refractivity contribution in [3.05, 3.63) is 24.5 Å². The third-order valence-electron chi connectivity index (χ3n) is 1.74. The molecule has 0 aliphatic carbocycles. The van der Waals surface area contributed by atoms with E-state index in [1.807, 2.05) is 24.5 Å². The normalized spacial score (nSPS) is 31.7. The van der Waals surface area contributed by atoms with Crippen LogP contribution in [0, 0.1) is 0 Å². The second-order valence-corrected chi connectivity index (χ2v) is 2.81. The highest BCUT2D eigenvalue weighted by molar-refractivity contribution is 6.20. The van der Waals surface area contributed by atoms with E-state index in [1.54, 1.807) is 0 Å². The average molecular weight is 158 g/mol. The van der Waals surface area contributed by atoms with Gasteiger partial charge in [0, 0.05) is 12.4 Å². The molecule has 3 heteroatoms. The highest BCUT2D eigenvalue weighted by Crippen LogP contribution is 2.28. The summed E-state index contributed by atoms with van der Waals surface area (Å²) >= 11 is 5.76. The summed E-state index contributed by atoms with van der Waals surface area (Å²) in [6.07, 6.45) is 4.01. The summed E-state index contributed by atoms with van der Waals surface area (Å²) in [5.41, 5.74) is -0.132. The number of ether oxygens (including phenoxy) is 1. The number of rotatable bonds is 1. The first-order valence-electron chi connectivity index (χ1n) is 3.26. The van der Waals surface area contributed by atoms with Gasteiger partial charge in [0.05, 0.1) is 12.6 Å². The molecular formula is C7H8ClNO. The third kappa shape index (κ3) is 0.842. The van der Waals surface area contributed by atoms with Gasteiger partial charge in [-0.1, -0.05) is 11.6 Å². The van der Waals surface area contributed by atoms with E-state index in [4.69, 9.17) is 16.3 Å². The van der Waals surface area contributed by atoms with Crippen molar-refractivity contribution in [2.75, 3.05) is 6.61 Å². The van der Waals surface area contributed by atoms with Gasteiger partial charge in [0.2, 0.25) is 0 Å². The molecule has 2 rings (SSSR count). The van der Waals surface area contributed by atoms with Gasteiger partial charge >= 0.3 is 0 Å². The van der Waals surface area contributed by atoms with Gasteiger partial charge in [0.25, 0.3) is 0 Å². The highest BCUT2D eigenvalue weighted by atomic mass is 35.5. The minimum Gasteiger partial charge on any atom is -0.358 e. The van der Waals surface area contributed by atoms with E-state index in [9.17, 15) is 0 Å². The van der Waals surface area contributed by atoms with Crippen LogP contribution in [0.3, 0.4) is 0 Å². The lowest BCUT2D eigenvalue weighted by Gasteiger charge is -2.33. The molecule has 1 aliphatic heterocycles. The van der Waals surface area contributed by atoms with Gasteiger partial charge in [-0.2, -0.15) is 0 Å². The van der Waals surface area contributed by atoms with Crippen LogP contribution in [0.4, 0.5) is 0 Å². The van der Waals surface area contributed by atoms with Gasteiger partial charge in [-0.15, -0.1) is 0 Å². The molecule has 2 heterocycles. The molecule has 1 aliphatic rings. The molecule has 0 N–H and O–H groups in total. The Bertz CT molecular complexity index is 209. The topological polar surface area (TPSA) is 14.2 Å². The predicted molar refractivity (Wildman–Crippen MR) is 39.1 cm³/mol. The molecule has 0 bridgehead atoms. The van der Waals surface area contributed by atoms with E-state index in [0.717, 1.165) is 6.61 Å². The smallest absolute Gasteiger partial charge is 0.154 e. The summed E-state index contributed by atoms with van der Waals surface area (Å²) < 4.78 is 7.08. The predicted octanol–water partition coefficient (Wildman–Crippen LogP) is 1.62. The Morgan fingerprint density at radius 3 is 2.50 bits per heavy atom. The molecule has 0 spiro atoms. The maximum absolute atomic E-state index is 5.76. The largest absolute Gasteiger partial charge is 0.358 e. The number of hydrogen-bond donors (Lipinski definition) is 0. The van der Waals surface area contributed by atoms with Gasteiger partial charge in [0.15, 0.2) is 5.56 Å². The maximum atomic E-state index is 5.76. The fraction of sp³-hybridized carbons (Fsp3) is 0.429. The molecule has 0 aromatic carbocycles. The van der Waals surface area contributed by atoms with Gasteiger partial charge in [-0.3, -0.25) is 0 Å². The molecule has 2 nitrogen and oxygen atoms in total. The zero-order valence-corrected chi connectivity index (χ0v) is 6.16. The molecule has 1 aromatic heterocycles. The minimum atomic E-state index is -0.132. The van der Waals surface area contributed by atoms with E-state index in [0.29, 0.717) is 6.04 Å². The lowest BCUT2D eigenvalue weighted by Crippen LogP contribution is -2.36. The molecule has 0 saturated carbocycles. The van der Waals surface area contributed by atoms with Crippen LogP contribution in [-0.4, -0.2) is 16.7 Å². The first-order valence-corrected chi connectivity index (χ1v) is 3.70. The maximum Gasteiger partial charge on any atom is 0.154 e. The molecule has 10 heavy (non-hydrogen) atoms. The summed E-state index contributed by atoms with van der Waals surface area (Å²) in [5.74, 6) is 0. The average Bonchev–Trinajstić information content (AvgIpc) is 2.37. The number of aromatic nitrogens is 1. The lowest BCUT2D eigenvalue weighted by atomic mass is 10.2. The summed E-state index contributed by atoms with van der Waals surface area (Å²) in [7, 11) is 0. The molecule has 0 amide bonds. The Hall–Kier alpha value is -0.470. The quantitative estimate of drug-likeness (QED) is 0.566. The molecule has 54 valence electrons. The van der Waals surface area contributed by atoms with E-state index >= 15 is 0 Å². The summed E-state index contributed by atoms with van der Waals surface area (Å²) in [6.45, 7) is 0.739. The van der Waals surface area contributed by atoms with Crippen molar-refractivity contribution in [3.63, 3.8) is 0 Å². The summed E-state index contributed by atoms with van der Waals surface area (Å²) in [5, 5.41) is 0. The first kappa shape index (κ1) is 6.25. The second-order valence-electron chi connectivity index (χ2n) is 2.38. The molecular weight excluding hydrogens is 150 g/mol. The van der Waals surface area contributed by atoms with E-state index < -0.39 is 0 Å². The molecule has 1 saturated heterocycles. The van der Waals surface area contributed by atoms with Crippen molar-refractivity contribution in [3.8, 4) is 0 Å². The van der Waals surface area contributed by atoms with Crippen molar-refractivity contribution in [1.82, 2.24) is 4.57 Å². The fourth-order valence-electron chi connectivity index (χ4n) is 1.05. The van der Waals surface area contributed by atoms with Crippen molar-refractivity contribution in [2.45, 2.75) is 11.6 Å². The van der Waals surface area contributed by atoms with Crippen LogP contribution in [0.15, 0.2) is 24.5 Å². The standard InChI is InChI=1S/C7H8ClNO/c8-7-6(5-10-7)9-3-1-2-4-9/h1-4,6-7H,5H2.